The highest BCUT2D eigenvalue weighted by molar-refractivity contribution is 5.13. The molecular weight excluding hydrogens is 144 g/mol. The molecule has 0 aromatic rings. The molecule has 0 heteroatoms. The van der Waals surface area contributed by atoms with Gasteiger partial charge >= 0.3 is 0 Å². The normalized spacial score (nSPS) is 46.2. The summed E-state index contributed by atoms with van der Waals surface area (Å²) in [5.74, 6) is 0. The van der Waals surface area contributed by atoms with E-state index in [1.807, 2.05) is 0 Å². The van der Waals surface area contributed by atoms with Crippen molar-refractivity contribution in [2.24, 2.45) is 10.8 Å². The summed E-state index contributed by atoms with van der Waals surface area (Å²) >= 11 is 0. The summed E-state index contributed by atoms with van der Waals surface area (Å²) in [4.78, 5) is 0. The van der Waals surface area contributed by atoms with Crippen LogP contribution in [0.4, 0.5) is 0 Å². The van der Waals surface area contributed by atoms with Gasteiger partial charge in [0.15, 0.2) is 0 Å². The molecule has 3 aliphatic rings. The minimum atomic E-state index is 0.567. The van der Waals surface area contributed by atoms with E-state index in [0.29, 0.717) is 10.8 Å². The van der Waals surface area contributed by atoms with E-state index in [1.165, 1.54) is 44.1 Å². The van der Waals surface area contributed by atoms with Crippen LogP contribution in [-0.4, -0.2) is 0 Å². The number of allylic oxidation sites excluding steroid dienone is 1. The fourth-order valence-corrected chi connectivity index (χ4v) is 3.01. The molecule has 3 aliphatic carbocycles. The van der Waals surface area contributed by atoms with Crippen molar-refractivity contribution in [3.63, 3.8) is 0 Å². The highest BCUT2D eigenvalue weighted by Gasteiger charge is 2.46. The molecule has 0 unspecified atom stereocenters. The van der Waals surface area contributed by atoms with E-state index in [0.717, 1.165) is 0 Å². The molecule has 0 amide bonds. The molecule has 0 atom stereocenters. The zero-order valence-electron chi connectivity index (χ0n) is 8.45. The van der Waals surface area contributed by atoms with Gasteiger partial charge in [-0.05, 0) is 56.3 Å². The third kappa shape index (κ3) is 1.04. The number of rotatable bonds is 1. The first kappa shape index (κ1) is 8.34. The second kappa shape index (κ2) is 2.37. The lowest BCUT2D eigenvalue weighted by Gasteiger charge is -2.52. The van der Waals surface area contributed by atoms with Crippen LogP contribution >= 0.6 is 0 Å². The first-order valence-electron chi connectivity index (χ1n) is 5.22. The van der Waals surface area contributed by atoms with E-state index in [4.69, 9.17) is 0 Å². The fraction of sp³-hybridized carbons (Fsp3) is 0.833. The van der Waals surface area contributed by atoms with Crippen LogP contribution in [0.1, 0.15) is 52.4 Å². The van der Waals surface area contributed by atoms with E-state index >= 15 is 0 Å². The van der Waals surface area contributed by atoms with Gasteiger partial charge < -0.3 is 0 Å². The van der Waals surface area contributed by atoms with Crippen molar-refractivity contribution in [2.75, 3.05) is 0 Å². The lowest BCUT2D eigenvalue weighted by Crippen LogP contribution is -2.40. The van der Waals surface area contributed by atoms with Crippen molar-refractivity contribution >= 4 is 0 Å². The van der Waals surface area contributed by atoms with E-state index in [9.17, 15) is 0 Å². The van der Waals surface area contributed by atoms with Gasteiger partial charge in [-0.3, -0.25) is 0 Å². The smallest absolute Gasteiger partial charge is 0.00929 e. The second-order valence-corrected chi connectivity index (χ2v) is 5.37. The van der Waals surface area contributed by atoms with Gasteiger partial charge in [0.1, 0.15) is 0 Å². The predicted molar refractivity (Wildman–Crippen MR) is 53.1 cm³/mol. The highest BCUT2D eigenvalue weighted by Crippen LogP contribution is 2.59. The Balaban J connectivity index is 2.20. The maximum atomic E-state index is 4.17. The maximum Gasteiger partial charge on any atom is -0.00929 e. The maximum absolute atomic E-state index is 4.17. The number of fused-ring (bicyclic) bond motifs is 3. The Hall–Kier alpha value is -0.260. The van der Waals surface area contributed by atoms with Gasteiger partial charge in [0.05, 0.1) is 0 Å². The molecule has 0 saturated heterocycles. The van der Waals surface area contributed by atoms with Gasteiger partial charge in [0, 0.05) is 0 Å². The molecule has 3 fully saturated rings. The Morgan fingerprint density at radius 2 is 1.42 bits per heavy atom. The molecule has 3 rings (SSSR count). The van der Waals surface area contributed by atoms with Crippen LogP contribution < -0.4 is 0 Å². The molecule has 68 valence electrons. The van der Waals surface area contributed by atoms with Crippen LogP contribution in [0.5, 0.6) is 0 Å². The average Bonchev–Trinajstić information content (AvgIpc) is 2.06. The third-order valence-corrected chi connectivity index (χ3v) is 4.53. The number of hydrogen-bond donors (Lipinski definition) is 0. The minimum absolute atomic E-state index is 0.567. The zero-order valence-corrected chi connectivity index (χ0v) is 8.45. The lowest BCUT2D eigenvalue weighted by atomic mass is 9.53. The van der Waals surface area contributed by atoms with E-state index in [1.54, 1.807) is 0 Å². The van der Waals surface area contributed by atoms with Crippen molar-refractivity contribution in [2.45, 2.75) is 52.4 Å². The Bertz CT molecular complexity index is 188. The largest absolute Gasteiger partial charge is 0.0996 e. The Kier molecular flexibility index (Phi) is 1.65. The van der Waals surface area contributed by atoms with Crippen molar-refractivity contribution in [3.05, 3.63) is 12.2 Å². The first-order chi connectivity index (χ1) is 5.56. The molecule has 0 heterocycles. The van der Waals surface area contributed by atoms with Gasteiger partial charge in [-0.25, -0.2) is 0 Å². The molecule has 0 aliphatic heterocycles. The Morgan fingerprint density at radius 1 is 1.00 bits per heavy atom. The quantitative estimate of drug-likeness (QED) is 0.515. The van der Waals surface area contributed by atoms with Crippen molar-refractivity contribution < 1.29 is 0 Å². The molecule has 0 N–H and O–H groups in total. The lowest BCUT2D eigenvalue weighted by molar-refractivity contribution is 0.0287. The van der Waals surface area contributed by atoms with E-state index < -0.39 is 0 Å². The standard InChI is InChI=1S/C12H20/c1-10(2)12-7-4-11(3,5-8-12)6-9-12/h1,4-9H2,2-3H3. The molecule has 0 aromatic carbocycles. The SMILES string of the molecule is C=C(C)C12CCC(C)(CC1)CC2. The van der Waals surface area contributed by atoms with Gasteiger partial charge in [0.2, 0.25) is 0 Å². The molecule has 12 heavy (non-hydrogen) atoms. The Morgan fingerprint density at radius 3 is 1.75 bits per heavy atom. The molecule has 2 bridgehead atoms. The summed E-state index contributed by atoms with van der Waals surface area (Å²) in [7, 11) is 0. The Labute approximate surface area is 76.1 Å². The summed E-state index contributed by atoms with van der Waals surface area (Å²) in [6.07, 6.45) is 8.58. The van der Waals surface area contributed by atoms with E-state index in [2.05, 4.69) is 20.4 Å². The summed E-state index contributed by atoms with van der Waals surface area (Å²) in [6, 6.07) is 0. The predicted octanol–water partition coefficient (Wildman–Crippen LogP) is 3.92. The van der Waals surface area contributed by atoms with Crippen molar-refractivity contribution in [3.8, 4) is 0 Å². The summed E-state index contributed by atoms with van der Waals surface area (Å²) in [6.45, 7) is 8.87. The molecule has 0 aromatic heterocycles. The van der Waals surface area contributed by atoms with Gasteiger partial charge in [-0.2, -0.15) is 0 Å². The average molecular weight is 164 g/mol. The molecule has 0 nitrogen and oxygen atoms in total. The highest BCUT2D eigenvalue weighted by atomic mass is 14.5. The molecule has 0 spiro atoms. The summed E-state index contributed by atoms with van der Waals surface area (Å²) in [5, 5.41) is 0. The second-order valence-electron chi connectivity index (χ2n) is 5.37. The van der Waals surface area contributed by atoms with Crippen LogP contribution in [0.2, 0.25) is 0 Å². The zero-order chi connectivity index (χ0) is 8.82. The fourth-order valence-electron chi connectivity index (χ4n) is 3.01. The first-order valence-corrected chi connectivity index (χ1v) is 5.22. The minimum Gasteiger partial charge on any atom is -0.0996 e. The van der Waals surface area contributed by atoms with Crippen LogP contribution in [-0.2, 0) is 0 Å². The van der Waals surface area contributed by atoms with Gasteiger partial charge in [0.25, 0.3) is 0 Å². The van der Waals surface area contributed by atoms with E-state index in [-0.39, 0.29) is 0 Å². The molecule has 0 radical (unpaired) electrons. The van der Waals surface area contributed by atoms with Crippen LogP contribution in [0.3, 0.4) is 0 Å². The van der Waals surface area contributed by atoms with Crippen LogP contribution in [0, 0.1) is 10.8 Å². The summed E-state index contributed by atoms with van der Waals surface area (Å²) in [5.41, 5.74) is 2.72. The van der Waals surface area contributed by atoms with Gasteiger partial charge in [-0.1, -0.05) is 19.1 Å². The molecule has 3 saturated carbocycles. The van der Waals surface area contributed by atoms with Crippen LogP contribution in [0.25, 0.3) is 0 Å². The topological polar surface area (TPSA) is 0 Å². The van der Waals surface area contributed by atoms with Crippen molar-refractivity contribution in [1.29, 1.82) is 0 Å². The third-order valence-electron chi connectivity index (χ3n) is 4.53. The van der Waals surface area contributed by atoms with Crippen molar-refractivity contribution in [1.82, 2.24) is 0 Å². The number of hydrogen-bond acceptors (Lipinski definition) is 0. The van der Waals surface area contributed by atoms with Gasteiger partial charge in [-0.15, -0.1) is 0 Å². The monoisotopic (exact) mass is 164 g/mol. The van der Waals surface area contributed by atoms with Crippen LogP contribution in [0.15, 0.2) is 12.2 Å². The summed E-state index contributed by atoms with van der Waals surface area (Å²) < 4.78 is 0. The molecular formula is C12H20.